The molecule has 0 saturated carbocycles. The molecule has 7 nitrogen and oxygen atoms in total. The van der Waals surface area contributed by atoms with Crippen LogP contribution in [-0.4, -0.2) is 54.0 Å². The lowest BCUT2D eigenvalue weighted by atomic mass is 10.1. The summed E-state index contributed by atoms with van der Waals surface area (Å²) >= 11 is 6.06. The maximum atomic E-state index is 13.2. The first-order chi connectivity index (χ1) is 15.9. The van der Waals surface area contributed by atoms with Crippen molar-refractivity contribution in [2.24, 2.45) is 0 Å². The Morgan fingerprint density at radius 2 is 1.67 bits per heavy atom. The number of piperazine rings is 1. The van der Waals surface area contributed by atoms with Gasteiger partial charge >= 0.3 is 0 Å². The SMILES string of the molecule is C[C@@H](c1nnc(-c2cccc(Cl)c2)o1)N1CCN(S(=O)(=O)c2ccc3ccccc3c2)CC1. The topological polar surface area (TPSA) is 79.5 Å². The Morgan fingerprint density at radius 1 is 0.909 bits per heavy atom. The van der Waals surface area contributed by atoms with Crippen LogP contribution in [-0.2, 0) is 10.0 Å². The van der Waals surface area contributed by atoms with Gasteiger partial charge in [-0.05, 0) is 48.0 Å². The van der Waals surface area contributed by atoms with Crippen LogP contribution in [0, 0.1) is 0 Å². The maximum absolute atomic E-state index is 13.2. The number of rotatable bonds is 5. The smallest absolute Gasteiger partial charge is 0.247 e. The van der Waals surface area contributed by atoms with Crippen LogP contribution in [0.2, 0.25) is 5.02 Å². The van der Waals surface area contributed by atoms with Crippen molar-refractivity contribution in [3.8, 4) is 11.5 Å². The molecule has 5 rings (SSSR count). The van der Waals surface area contributed by atoms with Gasteiger partial charge in [-0.1, -0.05) is 48.0 Å². The lowest BCUT2D eigenvalue weighted by Gasteiger charge is -2.36. The van der Waals surface area contributed by atoms with E-state index in [2.05, 4.69) is 15.1 Å². The van der Waals surface area contributed by atoms with Crippen LogP contribution in [0.15, 0.2) is 76.0 Å². The Bertz CT molecular complexity index is 1400. The molecule has 0 N–H and O–H groups in total. The second-order valence-electron chi connectivity index (χ2n) is 8.08. The minimum atomic E-state index is -3.56. The van der Waals surface area contributed by atoms with E-state index in [-0.39, 0.29) is 6.04 Å². The quantitative estimate of drug-likeness (QED) is 0.413. The van der Waals surface area contributed by atoms with E-state index in [1.54, 1.807) is 28.6 Å². The van der Waals surface area contributed by atoms with Crippen LogP contribution in [0.3, 0.4) is 0 Å². The summed E-state index contributed by atoms with van der Waals surface area (Å²) in [6, 6.07) is 20.2. The van der Waals surface area contributed by atoms with Gasteiger partial charge in [-0.3, -0.25) is 4.90 Å². The summed E-state index contributed by atoms with van der Waals surface area (Å²) in [6.07, 6.45) is 0. The minimum Gasteiger partial charge on any atom is -0.419 e. The van der Waals surface area contributed by atoms with E-state index in [4.69, 9.17) is 16.0 Å². The molecule has 0 radical (unpaired) electrons. The van der Waals surface area contributed by atoms with E-state index in [9.17, 15) is 8.42 Å². The molecule has 1 fully saturated rings. The van der Waals surface area contributed by atoms with E-state index in [0.29, 0.717) is 47.9 Å². The molecule has 0 bridgehead atoms. The van der Waals surface area contributed by atoms with E-state index in [0.717, 1.165) is 16.3 Å². The first-order valence-electron chi connectivity index (χ1n) is 10.7. The molecule has 4 aromatic rings. The molecule has 0 amide bonds. The normalized spacial score (nSPS) is 16.8. The highest BCUT2D eigenvalue weighted by molar-refractivity contribution is 7.89. The van der Waals surface area contributed by atoms with Gasteiger partial charge in [0.1, 0.15) is 0 Å². The van der Waals surface area contributed by atoms with Crippen LogP contribution in [0.1, 0.15) is 18.9 Å². The average molecular weight is 483 g/mol. The summed E-state index contributed by atoms with van der Waals surface area (Å²) in [7, 11) is -3.56. The van der Waals surface area contributed by atoms with Gasteiger partial charge in [0.15, 0.2) is 0 Å². The summed E-state index contributed by atoms with van der Waals surface area (Å²) in [4.78, 5) is 2.48. The van der Waals surface area contributed by atoms with E-state index < -0.39 is 10.0 Å². The monoisotopic (exact) mass is 482 g/mol. The zero-order valence-corrected chi connectivity index (χ0v) is 19.6. The van der Waals surface area contributed by atoms with Gasteiger partial charge in [0, 0.05) is 36.8 Å². The van der Waals surface area contributed by atoms with Crippen LogP contribution >= 0.6 is 11.6 Å². The maximum Gasteiger partial charge on any atom is 0.247 e. The van der Waals surface area contributed by atoms with Crippen LogP contribution in [0.4, 0.5) is 0 Å². The molecule has 0 spiro atoms. The fourth-order valence-electron chi connectivity index (χ4n) is 4.11. The number of halogens is 1. The van der Waals surface area contributed by atoms with Crippen molar-refractivity contribution in [2.45, 2.75) is 17.9 Å². The number of benzene rings is 3. The van der Waals surface area contributed by atoms with Crippen molar-refractivity contribution >= 4 is 32.4 Å². The van der Waals surface area contributed by atoms with Gasteiger partial charge < -0.3 is 4.42 Å². The first kappa shape index (κ1) is 22.0. The molecule has 33 heavy (non-hydrogen) atoms. The lowest BCUT2D eigenvalue weighted by molar-refractivity contribution is 0.129. The van der Waals surface area contributed by atoms with Gasteiger partial charge in [0.2, 0.25) is 21.8 Å². The molecule has 1 aliphatic heterocycles. The van der Waals surface area contributed by atoms with Gasteiger partial charge in [-0.15, -0.1) is 10.2 Å². The molecule has 1 aliphatic rings. The second kappa shape index (κ2) is 8.87. The highest BCUT2D eigenvalue weighted by Gasteiger charge is 2.32. The largest absolute Gasteiger partial charge is 0.419 e. The Kier molecular flexibility index (Phi) is 5.92. The molecule has 3 aromatic carbocycles. The highest BCUT2D eigenvalue weighted by Crippen LogP contribution is 2.28. The van der Waals surface area contributed by atoms with Crippen molar-refractivity contribution in [1.82, 2.24) is 19.4 Å². The molecule has 1 atom stereocenters. The van der Waals surface area contributed by atoms with Gasteiger partial charge in [-0.2, -0.15) is 4.31 Å². The Hall–Kier alpha value is -2.78. The molecule has 2 heterocycles. The minimum absolute atomic E-state index is 0.129. The van der Waals surface area contributed by atoms with Crippen molar-refractivity contribution in [1.29, 1.82) is 0 Å². The van der Waals surface area contributed by atoms with Crippen LogP contribution < -0.4 is 0 Å². The van der Waals surface area contributed by atoms with Crippen molar-refractivity contribution in [2.75, 3.05) is 26.2 Å². The number of aromatic nitrogens is 2. The van der Waals surface area contributed by atoms with Gasteiger partial charge in [0.05, 0.1) is 10.9 Å². The molecular weight excluding hydrogens is 460 g/mol. The Labute approximate surface area is 197 Å². The predicted molar refractivity (Wildman–Crippen MR) is 127 cm³/mol. The summed E-state index contributed by atoms with van der Waals surface area (Å²) in [5.74, 6) is 0.910. The summed E-state index contributed by atoms with van der Waals surface area (Å²) in [6.45, 7) is 3.93. The first-order valence-corrected chi connectivity index (χ1v) is 12.6. The van der Waals surface area contributed by atoms with E-state index in [1.165, 1.54) is 0 Å². The molecule has 1 saturated heterocycles. The summed E-state index contributed by atoms with van der Waals surface area (Å²) in [5.41, 5.74) is 0.764. The Balaban J connectivity index is 1.27. The molecule has 170 valence electrons. The number of nitrogens with zero attached hydrogens (tertiary/aromatic N) is 4. The average Bonchev–Trinajstić information content (AvgIpc) is 3.34. The second-order valence-corrected chi connectivity index (χ2v) is 10.5. The molecule has 9 heteroatoms. The lowest BCUT2D eigenvalue weighted by Crippen LogP contribution is -2.49. The fourth-order valence-corrected chi connectivity index (χ4v) is 5.75. The predicted octanol–water partition coefficient (Wildman–Crippen LogP) is 4.61. The highest BCUT2D eigenvalue weighted by atomic mass is 35.5. The third-order valence-corrected chi connectivity index (χ3v) is 8.18. The summed E-state index contributed by atoms with van der Waals surface area (Å²) < 4.78 is 33.9. The molecule has 0 aliphatic carbocycles. The third-order valence-electron chi connectivity index (χ3n) is 6.05. The third kappa shape index (κ3) is 4.39. The van der Waals surface area contributed by atoms with Crippen molar-refractivity contribution in [3.05, 3.63) is 77.6 Å². The van der Waals surface area contributed by atoms with Crippen LogP contribution in [0.25, 0.3) is 22.2 Å². The zero-order valence-electron chi connectivity index (χ0n) is 18.1. The Morgan fingerprint density at radius 3 is 2.42 bits per heavy atom. The number of hydrogen-bond donors (Lipinski definition) is 0. The molecular formula is C24H23ClN4O3S. The van der Waals surface area contributed by atoms with Crippen LogP contribution in [0.5, 0.6) is 0 Å². The van der Waals surface area contributed by atoms with E-state index in [1.807, 2.05) is 49.4 Å². The van der Waals surface area contributed by atoms with Crippen molar-refractivity contribution in [3.63, 3.8) is 0 Å². The summed E-state index contributed by atoms with van der Waals surface area (Å²) in [5, 5.41) is 10.9. The van der Waals surface area contributed by atoms with Gasteiger partial charge in [-0.25, -0.2) is 8.42 Å². The zero-order chi connectivity index (χ0) is 23.0. The number of hydrogen-bond acceptors (Lipinski definition) is 6. The number of fused-ring (bicyclic) bond motifs is 1. The standard InChI is InChI=1S/C24H23ClN4O3S/c1-17(23-26-27-24(32-23)20-7-4-8-21(25)15-20)28-11-13-29(14-12-28)33(30,31)22-10-9-18-5-2-3-6-19(18)16-22/h2-10,15-17H,11-14H2,1H3/t17-/m0/s1. The fraction of sp³-hybridized carbons (Fsp3) is 0.250. The molecule has 1 aromatic heterocycles. The van der Waals surface area contributed by atoms with Crippen molar-refractivity contribution < 1.29 is 12.8 Å². The molecule has 0 unspecified atom stereocenters. The van der Waals surface area contributed by atoms with Gasteiger partial charge in [0.25, 0.3) is 0 Å². The number of sulfonamides is 1. The van der Waals surface area contributed by atoms with E-state index >= 15 is 0 Å².